The lowest BCUT2D eigenvalue weighted by molar-refractivity contribution is 0.495. The molecule has 3 atom stereocenters. The SMILES string of the molecule is Nc1cc([C@H](CCN[C@H]2C[C@@H](c3ccccc3)c3ccccc32)c2ccccc2)c2n[nH]nc2n1. The summed E-state index contributed by atoms with van der Waals surface area (Å²) < 4.78 is 0. The van der Waals surface area contributed by atoms with Crippen molar-refractivity contribution in [1.82, 2.24) is 25.7 Å². The lowest BCUT2D eigenvalue weighted by atomic mass is 9.88. The number of nitrogens with zero attached hydrogens (tertiary/aromatic N) is 3. The maximum Gasteiger partial charge on any atom is 0.203 e. The van der Waals surface area contributed by atoms with Crippen LogP contribution in [-0.4, -0.2) is 26.9 Å². The molecule has 2 aromatic heterocycles. The number of rotatable bonds is 7. The third-order valence-corrected chi connectivity index (χ3v) is 7.16. The van der Waals surface area contributed by atoms with Gasteiger partial charge in [0.25, 0.3) is 0 Å². The van der Waals surface area contributed by atoms with E-state index in [0.717, 1.165) is 30.5 Å². The van der Waals surface area contributed by atoms with Gasteiger partial charge >= 0.3 is 0 Å². The number of fused-ring (bicyclic) bond motifs is 2. The summed E-state index contributed by atoms with van der Waals surface area (Å²) in [5, 5.41) is 15.2. The molecule has 3 aromatic carbocycles. The third-order valence-electron chi connectivity index (χ3n) is 7.16. The number of benzene rings is 3. The number of pyridine rings is 1. The average molecular weight is 461 g/mol. The van der Waals surface area contributed by atoms with Crippen LogP contribution in [0.4, 0.5) is 5.82 Å². The highest BCUT2D eigenvalue weighted by molar-refractivity contribution is 5.77. The molecule has 6 heteroatoms. The van der Waals surface area contributed by atoms with Gasteiger partial charge in [0.15, 0.2) is 0 Å². The van der Waals surface area contributed by atoms with Gasteiger partial charge in [0.2, 0.25) is 5.65 Å². The lowest BCUT2D eigenvalue weighted by Gasteiger charge is -2.21. The van der Waals surface area contributed by atoms with E-state index >= 15 is 0 Å². The van der Waals surface area contributed by atoms with Crippen LogP contribution in [0.2, 0.25) is 0 Å². The van der Waals surface area contributed by atoms with E-state index in [2.05, 4.69) is 105 Å². The van der Waals surface area contributed by atoms with Gasteiger partial charge in [-0.15, -0.1) is 5.10 Å². The molecule has 35 heavy (non-hydrogen) atoms. The molecule has 0 bridgehead atoms. The second-order valence-corrected chi connectivity index (χ2v) is 9.22. The molecule has 0 radical (unpaired) electrons. The number of aromatic nitrogens is 4. The monoisotopic (exact) mass is 460 g/mol. The minimum atomic E-state index is 0.128. The van der Waals surface area contributed by atoms with Gasteiger partial charge in [-0.2, -0.15) is 10.3 Å². The number of aromatic amines is 1. The highest BCUT2D eigenvalue weighted by Gasteiger charge is 2.31. The number of hydrogen-bond acceptors (Lipinski definition) is 5. The van der Waals surface area contributed by atoms with Crippen molar-refractivity contribution >= 4 is 17.0 Å². The van der Waals surface area contributed by atoms with Crippen molar-refractivity contribution in [3.63, 3.8) is 0 Å². The average Bonchev–Trinajstić information content (AvgIpc) is 3.52. The largest absolute Gasteiger partial charge is 0.384 e. The van der Waals surface area contributed by atoms with Crippen molar-refractivity contribution in [3.05, 3.63) is 119 Å². The van der Waals surface area contributed by atoms with Gasteiger partial charge in [-0.25, -0.2) is 4.98 Å². The smallest absolute Gasteiger partial charge is 0.203 e. The number of anilines is 1. The quantitative estimate of drug-likeness (QED) is 0.306. The maximum atomic E-state index is 6.14. The van der Waals surface area contributed by atoms with Crippen molar-refractivity contribution in [2.75, 3.05) is 12.3 Å². The molecule has 0 saturated heterocycles. The first-order valence-electron chi connectivity index (χ1n) is 12.2. The zero-order chi connectivity index (χ0) is 23.6. The van der Waals surface area contributed by atoms with Gasteiger partial charge in [0.1, 0.15) is 11.3 Å². The fourth-order valence-corrected chi connectivity index (χ4v) is 5.56. The first-order chi connectivity index (χ1) is 17.3. The third kappa shape index (κ3) is 4.17. The minimum absolute atomic E-state index is 0.128. The van der Waals surface area contributed by atoms with E-state index < -0.39 is 0 Å². The molecule has 1 aliphatic rings. The summed E-state index contributed by atoms with van der Waals surface area (Å²) in [6.45, 7) is 0.863. The zero-order valence-corrected chi connectivity index (χ0v) is 19.4. The van der Waals surface area contributed by atoms with E-state index in [1.54, 1.807) is 0 Å². The Hall–Kier alpha value is -4.03. The molecule has 6 rings (SSSR count). The summed E-state index contributed by atoms with van der Waals surface area (Å²) in [5.74, 6) is 1.01. The molecule has 0 amide bonds. The Labute approximate surface area is 204 Å². The Morgan fingerprint density at radius 3 is 2.40 bits per heavy atom. The van der Waals surface area contributed by atoms with Crippen molar-refractivity contribution in [3.8, 4) is 0 Å². The standard InChI is InChI=1S/C29H28N6/c30-27-18-25(28-29(32-27)34-35-33-28)21(19-9-3-1-4-10-19)15-16-31-26-17-24(20-11-5-2-6-12-20)22-13-7-8-14-23(22)26/h1-14,18,21,24,26,31H,15-17H2,(H3,30,32,33,34,35)/t21-,24+,26+/m1/s1. The fourth-order valence-electron chi connectivity index (χ4n) is 5.56. The Morgan fingerprint density at radius 1 is 0.886 bits per heavy atom. The molecule has 1 aliphatic carbocycles. The van der Waals surface area contributed by atoms with Gasteiger partial charge in [0.05, 0.1) is 0 Å². The normalized spacial score (nSPS) is 17.9. The number of nitrogens with one attached hydrogen (secondary N) is 2. The van der Waals surface area contributed by atoms with Crippen LogP contribution in [0.3, 0.4) is 0 Å². The Morgan fingerprint density at radius 2 is 1.60 bits per heavy atom. The number of hydrogen-bond donors (Lipinski definition) is 3. The van der Waals surface area contributed by atoms with Crippen molar-refractivity contribution in [2.45, 2.75) is 30.7 Å². The van der Waals surface area contributed by atoms with Crippen LogP contribution in [0, 0.1) is 0 Å². The molecule has 0 fully saturated rings. The number of nitrogen functional groups attached to an aromatic ring is 1. The Bertz CT molecular complexity index is 1430. The van der Waals surface area contributed by atoms with Crippen LogP contribution in [0.1, 0.15) is 58.5 Å². The van der Waals surface area contributed by atoms with Crippen molar-refractivity contribution < 1.29 is 0 Å². The van der Waals surface area contributed by atoms with E-state index in [0.29, 0.717) is 23.4 Å². The molecule has 6 nitrogen and oxygen atoms in total. The second kappa shape index (κ2) is 9.31. The summed E-state index contributed by atoms with van der Waals surface area (Å²) >= 11 is 0. The summed E-state index contributed by atoms with van der Waals surface area (Å²) in [6, 6.07) is 32.5. The van der Waals surface area contributed by atoms with Crippen LogP contribution in [0.15, 0.2) is 91.0 Å². The van der Waals surface area contributed by atoms with E-state index in [-0.39, 0.29) is 5.92 Å². The summed E-state index contributed by atoms with van der Waals surface area (Å²) in [4.78, 5) is 4.34. The molecule has 0 aliphatic heterocycles. The molecular formula is C29H28N6. The Kier molecular flexibility index (Phi) is 5.72. The molecule has 174 valence electrons. The fraction of sp³-hybridized carbons (Fsp3) is 0.207. The highest BCUT2D eigenvalue weighted by Crippen LogP contribution is 2.44. The molecule has 0 spiro atoms. The van der Waals surface area contributed by atoms with E-state index in [1.807, 2.05) is 12.1 Å². The molecule has 5 aromatic rings. The van der Waals surface area contributed by atoms with Crippen LogP contribution in [-0.2, 0) is 0 Å². The predicted molar refractivity (Wildman–Crippen MR) is 139 cm³/mol. The van der Waals surface area contributed by atoms with Crippen LogP contribution >= 0.6 is 0 Å². The molecule has 4 N–H and O–H groups in total. The molecular weight excluding hydrogens is 432 g/mol. The summed E-state index contributed by atoms with van der Waals surface area (Å²) in [5.41, 5.74) is 14.0. The van der Waals surface area contributed by atoms with Gasteiger partial charge < -0.3 is 11.1 Å². The van der Waals surface area contributed by atoms with Gasteiger partial charge in [-0.1, -0.05) is 84.9 Å². The zero-order valence-electron chi connectivity index (χ0n) is 19.4. The van der Waals surface area contributed by atoms with Crippen molar-refractivity contribution in [1.29, 1.82) is 0 Å². The van der Waals surface area contributed by atoms with Crippen LogP contribution < -0.4 is 11.1 Å². The molecule has 0 unspecified atom stereocenters. The first-order valence-corrected chi connectivity index (χ1v) is 12.2. The minimum Gasteiger partial charge on any atom is -0.384 e. The topological polar surface area (TPSA) is 92.5 Å². The van der Waals surface area contributed by atoms with Crippen molar-refractivity contribution in [2.24, 2.45) is 0 Å². The van der Waals surface area contributed by atoms with Gasteiger partial charge in [-0.3, -0.25) is 0 Å². The predicted octanol–water partition coefficient (Wildman–Crippen LogP) is 5.32. The summed E-state index contributed by atoms with van der Waals surface area (Å²) in [6.07, 6.45) is 1.97. The number of H-pyrrole nitrogens is 1. The summed E-state index contributed by atoms with van der Waals surface area (Å²) in [7, 11) is 0. The maximum absolute atomic E-state index is 6.14. The first kappa shape index (κ1) is 21.5. The van der Waals surface area contributed by atoms with E-state index in [9.17, 15) is 0 Å². The van der Waals surface area contributed by atoms with Crippen LogP contribution in [0.25, 0.3) is 11.2 Å². The van der Waals surface area contributed by atoms with E-state index in [4.69, 9.17) is 5.73 Å². The molecule has 0 saturated carbocycles. The highest BCUT2D eigenvalue weighted by atomic mass is 15.3. The second-order valence-electron chi connectivity index (χ2n) is 9.22. The van der Waals surface area contributed by atoms with E-state index in [1.165, 1.54) is 22.3 Å². The number of nitrogens with two attached hydrogens (primary N) is 1. The lowest BCUT2D eigenvalue weighted by Crippen LogP contribution is -2.22. The molecule has 2 heterocycles. The van der Waals surface area contributed by atoms with Crippen LogP contribution in [0.5, 0.6) is 0 Å². The Balaban J connectivity index is 1.26. The van der Waals surface area contributed by atoms with Gasteiger partial charge in [0, 0.05) is 17.9 Å². The van der Waals surface area contributed by atoms with Gasteiger partial charge in [-0.05, 0) is 53.3 Å².